The summed E-state index contributed by atoms with van der Waals surface area (Å²) in [4.78, 5) is 22.5. The average molecular weight is 470 g/mol. The van der Waals surface area contributed by atoms with E-state index in [0.29, 0.717) is 11.4 Å². The van der Waals surface area contributed by atoms with Crippen LogP contribution in [0.3, 0.4) is 0 Å². The highest BCUT2D eigenvalue weighted by Crippen LogP contribution is 2.35. The molecule has 1 aliphatic rings. The largest absolute Gasteiger partial charge is 0.366 e. The number of piperazine rings is 1. The summed E-state index contributed by atoms with van der Waals surface area (Å²) in [6, 6.07) is 15.7. The van der Waals surface area contributed by atoms with Gasteiger partial charge in [-0.15, -0.1) is 0 Å². The highest BCUT2D eigenvalue weighted by atomic mass is 16.1. The van der Waals surface area contributed by atoms with Crippen molar-refractivity contribution < 1.29 is 4.79 Å². The summed E-state index contributed by atoms with van der Waals surface area (Å²) in [5.41, 5.74) is 10.7. The summed E-state index contributed by atoms with van der Waals surface area (Å²) in [5.74, 6) is 0.223. The number of nitrogens with zero attached hydrogens (tertiary/aromatic N) is 5. The number of H-pyrrole nitrogens is 1. The third-order valence-electron chi connectivity index (χ3n) is 6.66. The second-order valence-electron chi connectivity index (χ2n) is 9.09. The number of carbonyl (C=O) groups is 1. The van der Waals surface area contributed by atoms with Gasteiger partial charge in [-0.1, -0.05) is 30.3 Å². The number of imidazole rings is 1. The number of nitrogens with two attached hydrogens (primary N) is 1. The zero-order valence-electron chi connectivity index (χ0n) is 20.0. The maximum Gasteiger partial charge on any atom is 0.249 e. The van der Waals surface area contributed by atoms with Crippen LogP contribution >= 0.6 is 0 Å². The first kappa shape index (κ1) is 23.0. The fourth-order valence-corrected chi connectivity index (χ4v) is 4.70. The molecular formula is C27H31N7O. The van der Waals surface area contributed by atoms with Gasteiger partial charge in [0.2, 0.25) is 5.91 Å². The number of benzene rings is 2. The minimum atomic E-state index is -0.482. The number of carbonyl (C=O) groups excluding carboxylic acids is 1. The third-order valence-corrected chi connectivity index (χ3v) is 6.66. The van der Waals surface area contributed by atoms with Gasteiger partial charge in [-0.2, -0.15) is 5.10 Å². The van der Waals surface area contributed by atoms with Crippen LogP contribution < -0.4 is 5.73 Å². The van der Waals surface area contributed by atoms with Crippen molar-refractivity contribution in [1.82, 2.24) is 29.5 Å². The van der Waals surface area contributed by atoms with E-state index in [-0.39, 0.29) is 0 Å². The maximum absolute atomic E-state index is 12.5. The Kier molecular flexibility index (Phi) is 6.74. The Morgan fingerprint density at radius 3 is 2.57 bits per heavy atom. The molecule has 180 valence electrons. The van der Waals surface area contributed by atoms with E-state index < -0.39 is 5.91 Å². The zero-order chi connectivity index (χ0) is 24.2. The first-order chi connectivity index (χ1) is 17.1. The maximum atomic E-state index is 12.5. The van der Waals surface area contributed by atoms with E-state index in [0.717, 1.165) is 73.6 Å². The fourth-order valence-electron chi connectivity index (χ4n) is 4.70. The summed E-state index contributed by atoms with van der Waals surface area (Å²) in [6.45, 7) is 5.51. The number of amides is 1. The van der Waals surface area contributed by atoms with Crippen LogP contribution in [0.15, 0.2) is 67.1 Å². The average Bonchev–Trinajstić information content (AvgIpc) is 3.56. The number of nitrogens with one attached hydrogen (secondary N) is 1. The molecule has 0 aliphatic carbocycles. The normalized spacial score (nSPS) is 14.9. The van der Waals surface area contributed by atoms with Gasteiger partial charge >= 0.3 is 0 Å². The van der Waals surface area contributed by atoms with Crippen molar-refractivity contribution in [3.8, 4) is 28.2 Å². The van der Waals surface area contributed by atoms with E-state index in [1.54, 1.807) is 12.3 Å². The molecule has 0 radical (unpaired) electrons. The van der Waals surface area contributed by atoms with Crippen molar-refractivity contribution in [3.63, 3.8) is 0 Å². The van der Waals surface area contributed by atoms with E-state index >= 15 is 0 Å². The molecule has 35 heavy (non-hydrogen) atoms. The molecule has 2 aromatic heterocycles. The van der Waals surface area contributed by atoms with Gasteiger partial charge in [0.25, 0.3) is 0 Å². The number of hydrogen-bond donors (Lipinski definition) is 2. The van der Waals surface area contributed by atoms with E-state index in [9.17, 15) is 4.79 Å². The lowest BCUT2D eigenvalue weighted by atomic mass is 9.96. The fraction of sp³-hybridized carbons (Fsp3) is 0.296. The van der Waals surface area contributed by atoms with Crippen LogP contribution in [-0.4, -0.2) is 75.2 Å². The van der Waals surface area contributed by atoms with E-state index in [4.69, 9.17) is 10.7 Å². The number of primary amides is 1. The monoisotopic (exact) mass is 469 g/mol. The Morgan fingerprint density at radius 1 is 1.06 bits per heavy atom. The molecule has 3 heterocycles. The van der Waals surface area contributed by atoms with Crippen LogP contribution in [-0.2, 0) is 6.42 Å². The standard InChI is InChI=1S/C27H31N7O/c1-32-13-15-33(16-14-32)12-6-7-21-19-34(22-8-3-2-4-9-22)27(31-21)25-23(20-17-29-30-18-20)10-5-11-24(25)26(28)35/h2-5,8-11,17-19H,6-7,12-16H2,1H3,(H2,28,35)(H,29,30). The van der Waals surface area contributed by atoms with Gasteiger partial charge in [-0.3, -0.25) is 14.5 Å². The first-order valence-electron chi connectivity index (χ1n) is 12.1. The molecule has 3 N–H and O–H groups in total. The van der Waals surface area contributed by atoms with Gasteiger partial charge in [0.1, 0.15) is 5.82 Å². The number of likely N-dealkylation sites (N-methyl/N-ethyl adjacent to an activating group) is 1. The van der Waals surface area contributed by atoms with Gasteiger partial charge < -0.3 is 15.5 Å². The topological polar surface area (TPSA) is 96.1 Å². The zero-order valence-corrected chi connectivity index (χ0v) is 20.0. The number of para-hydroxylation sites is 1. The molecule has 8 heteroatoms. The summed E-state index contributed by atoms with van der Waals surface area (Å²) in [6.07, 6.45) is 7.54. The number of hydrogen-bond acceptors (Lipinski definition) is 5. The predicted molar refractivity (Wildman–Crippen MR) is 137 cm³/mol. The van der Waals surface area contributed by atoms with Crippen LogP contribution in [0, 0.1) is 0 Å². The lowest BCUT2D eigenvalue weighted by Crippen LogP contribution is -2.44. The van der Waals surface area contributed by atoms with Crippen molar-refractivity contribution in [3.05, 3.63) is 78.4 Å². The molecule has 1 amide bonds. The molecule has 4 aromatic rings. The Labute approximate surface area is 205 Å². The van der Waals surface area contributed by atoms with Gasteiger partial charge in [-0.25, -0.2) is 4.98 Å². The Morgan fingerprint density at radius 2 is 1.86 bits per heavy atom. The third kappa shape index (κ3) is 5.03. The van der Waals surface area contributed by atoms with Gasteiger partial charge in [0, 0.05) is 55.4 Å². The molecule has 0 atom stereocenters. The minimum absolute atomic E-state index is 0.440. The first-order valence-corrected chi connectivity index (χ1v) is 12.1. The summed E-state index contributed by atoms with van der Waals surface area (Å²) >= 11 is 0. The molecule has 2 aromatic carbocycles. The molecule has 0 bridgehead atoms. The van der Waals surface area contributed by atoms with Crippen LogP contribution in [0.2, 0.25) is 0 Å². The van der Waals surface area contributed by atoms with E-state index in [1.807, 2.05) is 48.7 Å². The Bertz CT molecular complexity index is 1270. The van der Waals surface area contributed by atoms with Crippen molar-refractivity contribution in [1.29, 1.82) is 0 Å². The van der Waals surface area contributed by atoms with Crippen LogP contribution in [0.1, 0.15) is 22.5 Å². The summed E-state index contributed by atoms with van der Waals surface area (Å²) in [7, 11) is 2.18. The lowest BCUT2D eigenvalue weighted by molar-refractivity contribution is 0.100. The molecule has 1 saturated heterocycles. The Hall–Kier alpha value is -3.75. The molecule has 0 spiro atoms. The van der Waals surface area contributed by atoms with Gasteiger partial charge in [0.05, 0.1) is 17.5 Å². The lowest BCUT2D eigenvalue weighted by Gasteiger charge is -2.32. The molecule has 1 fully saturated rings. The minimum Gasteiger partial charge on any atom is -0.366 e. The van der Waals surface area contributed by atoms with E-state index in [2.05, 4.69) is 37.8 Å². The van der Waals surface area contributed by atoms with Crippen LogP contribution in [0.5, 0.6) is 0 Å². The second kappa shape index (κ2) is 10.2. The van der Waals surface area contributed by atoms with E-state index in [1.165, 1.54) is 0 Å². The highest BCUT2D eigenvalue weighted by molar-refractivity contribution is 6.03. The summed E-state index contributed by atoms with van der Waals surface area (Å²) < 4.78 is 2.07. The van der Waals surface area contributed by atoms with Gasteiger partial charge in [-0.05, 0) is 50.2 Å². The summed E-state index contributed by atoms with van der Waals surface area (Å²) in [5, 5.41) is 6.98. The smallest absolute Gasteiger partial charge is 0.249 e. The molecule has 8 nitrogen and oxygen atoms in total. The Balaban J connectivity index is 1.52. The number of aromatic amines is 1. The van der Waals surface area contributed by atoms with Gasteiger partial charge in [0.15, 0.2) is 0 Å². The van der Waals surface area contributed by atoms with Crippen molar-refractivity contribution in [2.24, 2.45) is 5.73 Å². The second-order valence-corrected chi connectivity index (χ2v) is 9.09. The molecule has 1 aliphatic heterocycles. The number of aromatic nitrogens is 4. The number of rotatable bonds is 8. The molecule has 0 unspecified atom stereocenters. The van der Waals surface area contributed by atoms with Crippen molar-refractivity contribution in [2.75, 3.05) is 39.8 Å². The molecular weight excluding hydrogens is 438 g/mol. The number of aryl methyl sites for hydroxylation is 1. The predicted octanol–water partition coefficient (Wildman–Crippen LogP) is 3.21. The van der Waals surface area contributed by atoms with Crippen molar-refractivity contribution >= 4 is 5.91 Å². The quantitative estimate of drug-likeness (QED) is 0.413. The molecule has 5 rings (SSSR count). The SMILES string of the molecule is CN1CCN(CCCc2cn(-c3ccccc3)c(-c3c(C(N)=O)cccc3-c3cn[nH]c3)n2)CC1. The van der Waals surface area contributed by atoms with Crippen LogP contribution in [0.4, 0.5) is 0 Å². The van der Waals surface area contributed by atoms with Crippen molar-refractivity contribution in [2.45, 2.75) is 12.8 Å². The highest BCUT2D eigenvalue weighted by Gasteiger charge is 2.22. The van der Waals surface area contributed by atoms with Crippen LogP contribution in [0.25, 0.3) is 28.2 Å². The molecule has 0 saturated carbocycles.